The molecular weight excluding hydrogens is 384 g/mol. The van der Waals surface area contributed by atoms with Crippen LogP contribution < -0.4 is 0 Å². The van der Waals surface area contributed by atoms with E-state index in [4.69, 9.17) is 4.74 Å². The van der Waals surface area contributed by atoms with Gasteiger partial charge in [-0.25, -0.2) is 4.79 Å². The summed E-state index contributed by atoms with van der Waals surface area (Å²) in [5, 5.41) is 11.1. The quantitative estimate of drug-likeness (QED) is 0.405. The number of ether oxygens (including phenoxy) is 1. The van der Waals surface area contributed by atoms with Crippen LogP contribution in [0.25, 0.3) is 0 Å². The molecule has 156 valence electrons. The first-order valence-corrected chi connectivity index (χ1v) is 9.80. The molecule has 1 atom stereocenters. The average Bonchev–Trinajstić information content (AvgIpc) is 2.71. The molecule has 1 aliphatic rings. The highest BCUT2D eigenvalue weighted by molar-refractivity contribution is 5.95. The normalized spacial score (nSPS) is 16.6. The van der Waals surface area contributed by atoms with E-state index in [1.54, 1.807) is 26.0 Å². The second-order valence-electron chi connectivity index (χ2n) is 7.30. The van der Waals surface area contributed by atoms with Crippen LogP contribution in [0.15, 0.2) is 59.8 Å². The third-order valence-corrected chi connectivity index (χ3v) is 5.22. The van der Waals surface area contributed by atoms with Gasteiger partial charge in [-0.3, -0.25) is 14.9 Å². The molecule has 2 aromatic carbocycles. The van der Waals surface area contributed by atoms with Gasteiger partial charge in [-0.05, 0) is 31.9 Å². The summed E-state index contributed by atoms with van der Waals surface area (Å²) in [5.41, 5.74) is 3.48. The SMILES string of the molecule is CCOC(=O)C1=C(C)N(Cc2cccc([N+](=O)[O-])c2)C(=O)CC1c1cccc(C)c1. The number of esters is 1. The van der Waals surface area contributed by atoms with Crippen LogP contribution in [0.1, 0.15) is 42.9 Å². The maximum Gasteiger partial charge on any atom is 0.336 e. The van der Waals surface area contributed by atoms with Crippen molar-refractivity contribution in [2.24, 2.45) is 0 Å². The molecule has 30 heavy (non-hydrogen) atoms. The van der Waals surface area contributed by atoms with Crippen LogP contribution in [-0.2, 0) is 20.9 Å². The first kappa shape index (κ1) is 21.2. The Bertz CT molecular complexity index is 1030. The van der Waals surface area contributed by atoms with Gasteiger partial charge in [-0.1, -0.05) is 42.0 Å². The van der Waals surface area contributed by atoms with E-state index in [2.05, 4.69) is 0 Å². The van der Waals surface area contributed by atoms with E-state index in [1.807, 2.05) is 31.2 Å². The van der Waals surface area contributed by atoms with Crippen molar-refractivity contribution in [1.82, 2.24) is 4.90 Å². The van der Waals surface area contributed by atoms with Crippen LogP contribution in [0.2, 0.25) is 0 Å². The second kappa shape index (κ2) is 8.90. The summed E-state index contributed by atoms with van der Waals surface area (Å²) in [6.07, 6.45) is 0.129. The smallest absolute Gasteiger partial charge is 0.336 e. The first-order valence-electron chi connectivity index (χ1n) is 9.80. The molecule has 7 nitrogen and oxygen atoms in total. The fourth-order valence-corrected chi connectivity index (χ4v) is 3.80. The topological polar surface area (TPSA) is 89.8 Å². The summed E-state index contributed by atoms with van der Waals surface area (Å²) in [5.74, 6) is -0.977. The zero-order chi connectivity index (χ0) is 21.8. The fourth-order valence-electron chi connectivity index (χ4n) is 3.80. The molecule has 0 saturated heterocycles. The van der Waals surface area contributed by atoms with Crippen molar-refractivity contribution in [3.8, 4) is 0 Å². The highest BCUT2D eigenvalue weighted by atomic mass is 16.6. The van der Waals surface area contributed by atoms with Crippen molar-refractivity contribution in [1.29, 1.82) is 0 Å². The van der Waals surface area contributed by atoms with Crippen LogP contribution >= 0.6 is 0 Å². The molecular formula is C23H24N2O5. The molecule has 1 amide bonds. The third-order valence-electron chi connectivity index (χ3n) is 5.22. The standard InChI is InChI=1S/C23H24N2O5/c1-4-30-23(27)22-16(3)24(14-17-8-6-10-19(12-17)25(28)29)21(26)13-20(22)18-9-5-7-15(2)11-18/h5-12,20H,4,13-14H2,1-3H3. The lowest BCUT2D eigenvalue weighted by Gasteiger charge is -2.34. The van der Waals surface area contributed by atoms with Gasteiger partial charge in [0.2, 0.25) is 5.91 Å². The van der Waals surface area contributed by atoms with E-state index in [-0.39, 0.29) is 31.2 Å². The van der Waals surface area contributed by atoms with Crippen LogP contribution in [0, 0.1) is 17.0 Å². The van der Waals surface area contributed by atoms with E-state index in [1.165, 1.54) is 17.0 Å². The molecule has 0 N–H and O–H groups in total. The van der Waals surface area contributed by atoms with E-state index >= 15 is 0 Å². The Hall–Kier alpha value is -3.48. The van der Waals surface area contributed by atoms with Crippen molar-refractivity contribution < 1.29 is 19.2 Å². The zero-order valence-corrected chi connectivity index (χ0v) is 17.3. The van der Waals surface area contributed by atoms with Crippen molar-refractivity contribution in [2.75, 3.05) is 6.61 Å². The number of hydrogen-bond acceptors (Lipinski definition) is 5. The molecule has 1 unspecified atom stereocenters. The third kappa shape index (κ3) is 4.40. The zero-order valence-electron chi connectivity index (χ0n) is 17.3. The summed E-state index contributed by atoms with van der Waals surface area (Å²) >= 11 is 0. The first-order chi connectivity index (χ1) is 14.3. The number of carbonyl (C=O) groups excluding carboxylic acids is 2. The van der Waals surface area contributed by atoms with Gasteiger partial charge in [-0.2, -0.15) is 0 Å². The van der Waals surface area contributed by atoms with Gasteiger partial charge >= 0.3 is 5.97 Å². The number of aryl methyl sites for hydroxylation is 1. The lowest BCUT2D eigenvalue weighted by Crippen LogP contribution is -2.38. The van der Waals surface area contributed by atoms with Crippen molar-refractivity contribution in [2.45, 2.75) is 39.7 Å². The van der Waals surface area contributed by atoms with E-state index in [0.717, 1.165) is 11.1 Å². The predicted molar refractivity (Wildman–Crippen MR) is 112 cm³/mol. The number of nitro benzene ring substituents is 1. The van der Waals surface area contributed by atoms with Gasteiger partial charge in [0.1, 0.15) is 0 Å². The summed E-state index contributed by atoms with van der Waals surface area (Å²) in [6, 6.07) is 13.9. The van der Waals surface area contributed by atoms with Crippen molar-refractivity contribution in [3.05, 3.63) is 86.6 Å². The number of non-ortho nitro benzene ring substituents is 1. The number of nitro groups is 1. The number of rotatable bonds is 6. The van der Waals surface area contributed by atoms with Crippen LogP contribution in [-0.4, -0.2) is 28.3 Å². The molecule has 0 fully saturated rings. The number of amides is 1. The van der Waals surface area contributed by atoms with Gasteiger partial charge in [0, 0.05) is 30.2 Å². The summed E-state index contributed by atoms with van der Waals surface area (Å²) in [6.45, 7) is 5.81. The molecule has 0 radical (unpaired) electrons. The number of hydrogen-bond donors (Lipinski definition) is 0. The number of allylic oxidation sites excluding steroid dienone is 1. The van der Waals surface area contributed by atoms with Crippen LogP contribution in [0.4, 0.5) is 5.69 Å². The van der Waals surface area contributed by atoms with Crippen LogP contribution in [0.5, 0.6) is 0 Å². The minimum absolute atomic E-state index is 0.0400. The Morgan fingerprint density at radius 1 is 1.20 bits per heavy atom. The maximum atomic E-state index is 13.0. The van der Waals surface area contributed by atoms with Crippen LogP contribution in [0.3, 0.4) is 0 Å². The largest absolute Gasteiger partial charge is 0.463 e. The van der Waals surface area contributed by atoms with Gasteiger partial charge < -0.3 is 9.64 Å². The maximum absolute atomic E-state index is 13.0. The Labute approximate surface area is 175 Å². The monoisotopic (exact) mass is 408 g/mol. The molecule has 1 heterocycles. The Morgan fingerprint density at radius 2 is 1.93 bits per heavy atom. The number of benzene rings is 2. The van der Waals surface area contributed by atoms with E-state index in [0.29, 0.717) is 16.8 Å². The molecule has 3 rings (SSSR count). The Balaban J connectivity index is 2.03. The molecule has 0 saturated carbocycles. The molecule has 0 bridgehead atoms. The predicted octanol–water partition coefficient (Wildman–Crippen LogP) is 4.26. The number of nitrogens with zero attached hydrogens (tertiary/aromatic N) is 2. The van der Waals surface area contributed by atoms with Crippen molar-refractivity contribution in [3.63, 3.8) is 0 Å². The molecule has 0 aliphatic carbocycles. The molecule has 1 aliphatic heterocycles. The van der Waals surface area contributed by atoms with E-state index < -0.39 is 16.8 Å². The number of carbonyl (C=O) groups is 2. The second-order valence-corrected chi connectivity index (χ2v) is 7.30. The minimum Gasteiger partial charge on any atom is -0.463 e. The Morgan fingerprint density at radius 3 is 2.60 bits per heavy atom. The van der Waals surface area contributed by atoms with Gasteiger partial charge in [0.15, 0.2) is 0 Å². The fraction of sp³-hybridized carbons (Fsp3) is 0.304. The highest BCUT2D eigenvalue weighted by Gasteiger charge is 2.37. The molecule has 0 aromatic heterocycles. The molecule has 0 spiro atoms. The average molecular weight is 408 g/mol. The van der Waals surface area contributed by atoms with Gasteiger partial charge in [0.25, 0.3) is 5.69 Å². The summed E-state index contributed by atoms with van der Waals surface area (Å²) in [4.78, 5) is 38.0. The lowest BCUT2D eigenvalue weighted by molar-refractivity contribution is -0.384. The van der Waals surface area contributed by atoms with Gasteiger partial charge in [0.05, 0.1) is 23.6 Å². The Kier molecular flexibility index (Phi) is 6.30. The van der Waals surface area contributed by atoms with Gasteiger partial charge in [-0.15, -0.1) is 0 Å². The summed E-state index contributed by atoms with van der Waals surface area (Å²) in [7, 11) is 0. The minimum atomic E-state index is -0.470. The highest BCUT2D eigenvalue weighted by Crippen LogP contribution is 2.38. The van der Waals surface area contributed by atoms with Crippen molar-refractivity contribution >= 4 is 17.6 Å². The summed E-state index contributed by atoms with van der Waals surface area (Å²) < 4.78 is 5.29. The lowest BCUT2D eigenvalue weighted by atomic mass is 9.83. The molecule has 2 aromatic rings. The van der Waals surface area contributed by atoms with E-state index in [9.17, 15) is 19.7 Å². The molecule has 7 heteroatoms.